The molecule has 4 aromatic rings. The van der Waals surface area contributed by atoms with Crippen LogP contribution in [-0.2, 0) is 19.7 Å². The zero-order valence-electron chi connectivity index (χ0n) is 16.9. The van der Waals surface area contributed by atoms with Crippen LogP contribution in [0, 0.1) is 0 Å². The number of aromatic nitrogens is 2. The summed E-state index contributed by atoms with van der Waals surface area (Å²) in [5, 5.41) is 0. The Balaban J connectivity index is 1.90. The largest absolute Gasteiger partial charge is 0.497 e. The molecule has 166 valence electrons. The second kappa shape index (κ2) is 7.84. The Morgan fingerprint density at radius 3 is 1.25 bits per heavy atom. The SMILES string of the molecule is COc1ccc(S(=O)(=O)c2ccc(S(=O)(=O)c3ccc(OC)cc3)c3[nH]c(=O)[nH]c23)cc1. The van der Waals surface area contributed by atoms with Gasteiger partial charge in [0.15, 0.2) is 0 Å². The molecule has 0 atom stereocenters. The quantitative estimate of drug-likeness (QED) is 0.438. The molecule has 0 amide bonds. The highest BCUT2D eigenvalue weighted by atomic mass is 32.2. The third-order valence-electron chi connectivity index (χ3n) is 4.92. The zero-order chi connectivity index (χ0) is 23.1. The Morgan fingerprint density at radius 2 is 0.938 bits per heavy atom. The van der Waals surface area contributed by atoms with Crippen molar-refractivity contribution in [3.8, 4) is 11.5 Å². The van der Waals surface area contributed by atoms with Crippen molar-refractivity contribution in [2.24, 2.45) is 0 Å². The van der Waals surface area contributed by atoms with Gasteiger partial charge in [-0.2, -0.15) is 0 Å². The molecule has 1 aromatic heterocycles. The third-order valence-corrected chi connectivity index (χ3v) is 8.55. The molecule has 32 heavy (non-hydrogen) atoms. The van der Waals surface area contributed by atoms with Crippen molar-refractivity contribution >= 4 is 30.7 Å². The van der Waals surface area contributed by atoms with Crippen molar-refractivity contribution in [2.45, 2.75) is 19.6 Å². The summed E-state index contributed by atoms with van der Waals surface area (Å²) in [6.45, 7) is 0. The highest BCUT2D eigenvalue weighted by Crippen LogP contribution is 2.33. The molecule has 0 fully saturated rings. The molecule has 9 nitrogen and oxygen atoms in total. The number of benzene rings is 3. The normalized spacial score (nSPS) is 12.1. The van der Waals surface area contributed by atoms with Gasteiger partial charge in [-0.15, -0.1) is 0 Å². The predicted octanol–water partition coefficient (Wildman–Crippen LogP) is 2.54. The van der Waals surface area contributed by atoms with Crippen molar-refractivity contribution in [3.63, 3.8) is 0 Å². The van der Waals surface area contributed by atoms with Crippen molar-refractivity contribution in [1.82, 2.24) is 9.97 Å². The Morgan fingerprint density at radius 1 is 0.594 bits per heavy atom. The summed E-state index contributed by atoms with van der Waals surface area (Å²) in [6, 6.07) is 13.8. The average molecular weight is 475 g/mol. The highest BCUT2D eigenvalue weighted by molar-refractivity contribution is 7.92. The monoisotopic (exact) mass is 474 g/mol. The van der Waals surface area contributed by atoms with E-state index in [0.717, 1.165) is 0 Å². The molecule has 3 aromatic carbocycles. The van der Waals surface area contributed by atoms with E-state index in [4.69, 9.17) is 9.47 Å². The number of fused-ring (bicyclic) bond motifs is 1. The van der Waals surface area contributed by atoms with Crippen LogP contribution in [0.3, 0.4) is 0 Å². The number of imidazole rings is 1. The van der Waals surface area contributed by atoms with Gasteiger partial charge in [0, 0.05) is 0 Å². The molecule has 0 aliphatic carbocycles. The van der Waals surface area contributed by atoms with E-state index in [9.17, 15) is 21.6 Å². The van der Waals surface area contributed by atoms with Gasteiger partial charge in [0.05, 0.1) is 44.8 Å². The van der Waals surface area contributed by atoms with Crippen LogP contribution in [0.15, 0.2) is 85.0 Å². The summed E-state index contributed by atoms with van der Waals surface area (Å²) < 4.78 is 63.0. The van der Waals surface area contributed by atoms with Gasteiger partial charge in [-0.3, -0.25) is 0 Å². The lowest BCUT2D eigenvalue weighted by atomic mass is 10.3. The lowest BCUT2D eigenvalue weighted by molar-refractivity contribution is 0.414. The van der Waals surface area contributed by atoms with Crippen LogP contribution < -0.4 is 15.2 Å². The van der Waals surface area contributed by atoms with E-state index in [2.05, 4.69) is 9.97 Å². The van der Waals surface area contributed by atoms with Gasteiger partial charge in [0.25, 0.3) is 0 Å². The van der Waals surface area contributed by atoms with Gasteiger partial charge in [-0.1, -0.05) is 0 Å². The number of sulfone groups is 2. The first-order chi connectivity index (χ1) is 15.2. The second-order valence-electron chi connectivity index (χ2n) is 6.75. The van der Waals surface area contributed by atoms with Crippen LogP contribution in [0.5, 0.6) is 11.5 Å². The van der Waals surface area contributed by atoms with Crippen LogP contribution in [0.25, 0.3) is 11.0 Å². The summed E-state index contributed by atoms with van der Waals surface area (Å²) >= 11 is 0. The van der Waals surface area contributed by atoms with Crippen molar-refractivity contribution in [3.05, 3.63) is 71.1 Å². The van der Waals surface area contributed by atoms with Crippen LogP contribution in [0.4, 0.5) is 0 Å². The van der Waals surface area contributed by atoms with Gasteiger partial charge in [0.2, 0.25) is 19.7 Å². The number of nitrogens with one attached hydrogen (secondary N) is 2. The molecule has 0 radical (unpaired) electrons. The van der Waals surface area contributed by atoms with E-state index in [1.54, 1.807) is 0 Å². The first kappa shape index (κ1) is 21.7. The Kier molecular flexibility index (Phi) is 5.31. The first-order valence-corrected chi connectivity index (χ1v) is 12.2. The van der Waals surface area contributed by atoms with Gasteiger partial charge in [0.1, 0.15) is 11.5 Å². The van der Waals surface area contributed by atoms with Crippen molar-refractivity contribution in [1.29, 1.82) is 0 Å². The highest BCUT2D eigenvalue weighted by Gasteiger charge is 2.28. The van der Waals surface area contributed by atoms with Crippen LogP contribution in [-0.4, -0.2) is 41.0 Å². The molecule has 11 heteroatoms. The molecule has 2 N–H and O–H groups in total. The lowest BCUT2D eigenvalue weighted by Crippen LogP contribution is -2.07. The summed E-state index contributed by atoms with van der Waals surface area (Å²) in [6.07, 6.45) is 0. The first-order valence-electron chi connectivity index (χ1n) is 9.22. The van der Waals surface area contributed by atoms with E-state index in [0.29, 0.717) is 11.5 Å². The number of H-pyrrole nitrogens is 2. The van der Waals surface area contributed by atoms with Crippen LogP contribution in [0.1, 0.15) is 0 Å². The van der Waals surface area contributed by atoms with Gasteiger partial charge in [-0.05, 0) is 60.7 Å². The van der Waals surface area contributed by atoms with Gasteiger partial charge in [-0.25, -0.2) is 21.6 Å². The fourth-order valence-electron chi connectivity index (χ4n) is 3.28. The fourth-order valence-corrected chi connectivity index (χ4v) is 6.12. The number of aromatic amines is 2. The topological polar surface area (TPSA) is 135 Å². The molecule has 0 saturated carbocycles. The van der Waals surface area contributed by atoms with Crippen molar-refractivity contribution < 1.29 is 26.3 Å². The van der Waals surface area contributed by atoms with E-state index >= 15 is 0 Å². The molecular weight excluding hydrogens is 456 g/mol. The Hall–Kier alpha value is -3.57. The molecule has 0 spiro atoms. The maximum absolute atomic E-state index is 13.2. The maximum atomic E-state index is 13.2. The van der Waals surface area contributed by atoms with Crippen LogP contribution >= 0.6 is 0 Å². The van der Waals surface area contributed by atoms with E-state index < -0.39 is 25.4 Å². The Labute approximate surface area is 183 Å². The Bertz CT molecular complexity index is 1450. The standard InChI is InChI=1S/C21H18N2O7S2/c1-29-13-3-7-15(8-4-13)31(25,26)17-11-12-18(20-19(17)22-21(24)23-20)32(27,28)16-9-5-14(30-2)6-10-16/h3-12H,1-2H3,(H2,22,23,24). The van der Waals surface area contributed by atoms with Gasteiger partial charge >= 0.3 is 5.69 Å². The molecule has 0 aliphatic heterocycles. The number of hydrogen-bond donors (Lipinski definition) is 2. The number of rotatable bonds is 6. The summed E-state index contributed by atoms with van der Waals surface area (Å²) in [7, 11) is -5.22. The minimum absolute atomic E-state index is 0.0348. The van der Waals surface area contributed by atoms with Crippen molar-refractivity contribution in [2.75, 3.05) is 14.2 Å². The number of methoxy groups -OCH3 is 2. The minimum atomic E-state index is -4.07. The predicted molar refractivity (Wildman–Crippen MR) is 116 cm³/mol. The summed E-state index contributed by atoms with van der Waals surface area (Å²) in [5.74, 6) is 0.954. The molecular formula is C21H18N2O7S2. The molecule has 0 saturated heterocycles. The number of ether oxygens (including phenoxy) is 2. The zero-order valence-corrected chi connectivity index (χ0v) is 18.6. The fraction of sp³-hybridized carbons (Fsp3) is 0.0952. The smallest absolute Gasteiger partial charge is 0.323 e. The molecule has 0 aliphatic rings. The molecule has 4 rings (SSSR count). The third kappa shape index (κ3) is 3.55. The van der Waals surface area contributed by atoms with E-state index in [-0.39, 0.29) is 30.6 Å². The average Bonchev–Trinajstić information content (AvgIpc) is 3.19. The van der Waals surface area contributed by atoms with E-state index in [1.165, 1.54) is 74.9 Å². The maximum Gasteiger partial charge on any atom is 0.323 e. The summed E-state index contributed by atoms with van der Waals surface area (Å²) in [5.41, 5.74) is -0.982. The molecule has 1 heterocycles. The van der Waals surface area contributed by atoms with E-state index in [1.807, 2.05) is 0 Å². The molecule has 0 bridgehead atoms. The second-order valence-corrected chi connectivity index (χ2v) is 10.6. The molecule has 0 unspecified atom stereocenters. The van der Waals surface area contributed by atoms with Crippen LogP contribution in [0.2, 0.25) is 0 Å². The minimum Gasteiger partial charge on any atom is -0.497 e. The summed E-state index contributed by atoms with van der Waals surface area (Å²) in [4.78, 5) is 16.3. The number of hydrogen-bond acceptors (Lipinski definition) is 7. The van der Waals surface area contributed by atoms with Gasteiger partial charge < -0.3 is 19.4 Å². The lowest BCUT2D eigenvalue weighted by Gasteiger charge is -2.10.